The van der Waals surface area contributed by atoms with E-state index in [1.54, 1.807) is 7.11 Å². The van der Waals surface area contributed by atoms with Gasteiger partial charge >= 0.3 is 0 Å². The number of anilines is 1. The molecule has 102 valence electrons. The van der Waals surface area contributed by atoms with E-state index in [0.29, 0.717) is 18.3 Å². The minimum Gasteiger partial charge on any atom is -0.472 e. The zero-order valence-corrected chi connectivity index (χ0v) is 11.5. The number of hydrazine groups is 1. The molecule has 0 saturated carbocycles. The summed E-state index contributed by atoms with van der Waals surface area (Å²) in [4.78, 5) is 8.74. The summed E-state index contributed by atoms with van der Waals surface area (Å²) in [5, 5.41) is 0. The van der Waals surface area contributed by atoms with Gasteiger partial charge in [-0.1, -0.05) is 6.92 Å². The average Bonchev–Trinajstić information content (AvgIpc) is 2.33. The molecule has 0 aromatic carbocycles. The number of nitrogens with zero attached hydrogens (tertiary/aromatic N) is 2. The summed E-state index contributed by atoms with van der Waals surface area (Å²) in [6.07, 6.45) is 1.70. The normalized spacial score (nSPS) is 12.3. The molecule has 3 N–H and O–H groups in total. The molecule has 6 nitrogen and oxygen atoms in total. The molecule has 1 unspecified atom stereocenters. The maximum atomic E-state index is 5.74. The second-order valence-corrected chi connectivity index (χ2v) is 4.20. The van der Waals surface area contributed by atoms with Crippen LogP contribution in [0.3, 0.4) is 0 Å². The van der Waals surface area contributed by atoms with Crippen molar-refractivity contribution in [2.75, 3.05) is 19.1 Å². The van der Waals surface area contributed by atoms with Gasteiger partial charge in [-0.3, -0.25) is 0 Å². The monoisotopic (exact) mass is 254 g/mol. The number of rotatable bonds is 7. The molecule has 0 saturated heterocycles. The van der Waals surface area contributed by atoms with Gasteiger partial charge in [-0.25, -0.2) is 10.8 Å². The quantitative estimate of drug-likeness (QED) is 0.566. The Morgan fingerprint density at radius 1 is 1.39 bits per heavy atom. The minimum atomic E-state index is -0.0660. The van der Waals surface area contributed by atoms with Crippen molar-refractivity contribution in [3.8, 4) is 5.88 Å². The first kappa shape index (κ1) is 14.7. The van der Waals surface area contributed by atoms with Crippen molar-refractivity contribution in [1.82, 2.24) is 9.97 Å². The Bertz CT molecular complexity index is 385. The first-order valence-corrected chi connectivity index (χ1v) is 6.12. The molecule has 0 amide bonds. The lowest BCUT2D eigenvalue weighted by Gasteiger charge is -2.16. The van der Waals surface area contributed by atoms with E-state index in [1.165, 1.54) is 0 Å². The van der Waals surface area contributed by atoms with Crippen molar-refractivity contribution in [2.45, 2.75) is 39.7 Å². The van der Waals surface area contributed by atoms with Crippen LogP contribution in [0.15, 0.2) is 0 Å². The molecule has 1 aromatic heterocycles. The Kier molecular flexibility index (Phi) is 5.80. The summed E-state index contributed by atoms with van der Waals surface area (Å²) in [6, 6.07) is 0. The number of ether oxygens (including phenoxy) is 2. The fraction of sp³-hybridized carbons (Fsp3) is 0.667. The largest absolute Gasteiger partial charge is 0.472 e. The van der Waals surface area contributed by atoms with Crippen LogP contribution in [0, 0.1) is 6.92 Å². The van der Waals surface area contributed by atoms with Gasteiger partial charge in [0.25, 0.3) is 0 Å². The van der Waals surface area contributed by atoms with E-state index in [4.69, 9.17) is 15.3 Å². The smallest absolute Gasteiger partial charge is 0.222 e. The molecule has 1 heterocycles. The molecule has 0 spiro atoms. The number of hydrogen-bond donors (Lipinski definition) is 2. The number of hydrogen-bond acceptors (Lipinski definition) is 6. The average molecular weight is 254 g/mol. The zero-order chi connectivity index (χ0) is 13.5. The van der Waals surface area contributed by atoms with Crippen LogP contribution >= 0.6 is 0 Å². The third kappa shape index (κ3) is 3.82. The van der Waals surface area contributed by atoms with Crippen LogP contribution in [-0.2, 0) is 11.2 Å². The molecular formula is C12H22N4O2. The van der Waals surface area contributed by atoms with Crippen LogP contribution in [0.25, 0.3) is 0 Å². The highest BCUT2D eigenvalue weighted by molar-refractivity contribution is 5.47. The highest BCUT2D eigenvalue weighted by Gasteiger charge is 2.13. The molecule has 1 atom stereocenters. The molecule has 0 radical (unpaired) electrons. The molecule has 0 aliphatic rings. The minimum absolute atomic E-state index is 0.0660. The predicted octanol–water partition coefficient (Wildman–Crippen LogP) is 1.44. The van der Waals surface area contributed by atoms with Crippen LogP contribution in [0.1, 0.15) is 31.7 Å². The van der Waals surface area contributed by atoms with Gasteiger partial charge < -0.3 is 14.9 Å². The third-order valence-corrected chi connectivity index (χ3v) is 2.47. The standard InChI is InChI=1S/C12H22N4O2/c1-5-6-10-14-11(16-13)9(3)12(15-10)18-8(2)7-17-4/h8H,5-7,13H2,1-4H3,(H,14,15,16). The predicted molar refractivity (Wildman–Crippen MR) is 70.5 cm³/mol. The van der Waals surface area contributed by atoms with Gasteiger partial charge in [-0.15, -0.1) is 0 Å². The van der Waals surface area contributed by atoms with Crippen LogP contribution in [0.4, 0.5) is 5.82 Å². The van der Waals surface area contributed by atoms with Crippen LogP contribution in [0.5, 0.6) is 5.88 Å². The molecule has 0 fully saturated rings. The lowest BCUT2D eigenvalue weighted by Crippen LogP contribution is -2.21. The SMILES string of the molecule is CCCc1nc(NN)c(C)c(OC(C)COC)n1. The zero-order valence-electron chi connectivity index (χ0n) is 11.5. The number of nitrogens with two attached hydrogens (primary N) is 1. The first-order chi connectivity index (χ1) is 8.62. The van der Waals surface area contributed by atoms with Gasteiger partial charge in [0.15, 0.2) is 0 Å². The van der Waals surface area contributed by atoms with Gasteiger partial charge in [0.2, 0.25) is 5.88 Å². The Morgan fingerprint density at radius 2 is 2.11 bits per heavy atom. The summed E-state index contributed by atoms with van der Waals surface area (Å²) in [5.74, 6) is 7.35. The molecule has 1 rings (SSSR count). The van der Waals surface area contributed by atoms with Crippen molar-refractivity contribution >= 4 is 5.82 Å². The Morgan fingerprint density at radius 3 is 2.67 bits per heavy atom. The Labute approximate surface area is 108 Å². The van der Waals surface area contributed by atoms with E-state index in [-0.39, 0.29) is 6.10 Å². The number of nitrogen functional groups attached to an aromatic ring is 1. The van der Waals surface area contributed by atoms with Crippen molar-refractivity contribution in [3.63, 3.8) is 0 Å². The molecule has 18 heavy (non-hydrogen) atoms. The van der Waals surface area contributed by atoms with Gasteiger partial charge in [0, 0.05) is 13.5 Å². The van der Waals surface area contributed by atoms with Crippen LogP contribution < -0.4 is 16.0 Å². The first-order valence-electron chi connectivity index (χ1n) is 6.12. The van der Waals surface area contributed by atoms with E-state index < -0.39 is 0 Å². The van der Waals surface area contributed by atoms with E-state index >= 15 is 0 Å². The number of aryl methyl sites for hydroxylation is 1. The lowest BCUT2D eigenvalue weighted by atomic mass is 10.3. The molecular weight excluding hydrogens is 232 g/mol. The van der Waals surface area contributed by atoms with Crippen molar-refractivity contribution in [2.24, 2.45) is 5.84 Å². The Balaban J connectivity index is 2.96. The lowest BCUT2D eigenvalue weighted by molar-refractivity contribution is 0.0882. The maximum absolute atomic E-state index is 5.74. The molecule has 1 aromatic rings. The molecule has 6 heteroatoms. The highest BCUT2D eigenvalue weighted by atomic mass is 16.5. The number of methoxy groups -OCH3 is 1. The molecule has 0 aliphatic heterocycles. The summed E-state index contributed by atoms with van der Waals surface area (Å²) >= 11 is 0. The van der Waals surface area contributed by atoms with E-state index in [1.807, 2.05) is 13.8 Å². The van der Waals surface area contributed by atoms with E-state index in [9.17, 15) is 0 Å². The highest BCUT2D eigenvalue weighted by Crippen LogP contribution is 2.22. The fourth-order valence-electron chi connectivity index (χ4n) is 1.59. The van der Waals surface area contributed by atoms with Crippen molar-refractivity contribution < 1.29 is 9.47 Å². The van der Waals surface area contributed by atoms with E-state index in [0.717, 1.165) is 24.2 Å². The summed E-state index contributed by atoms with van der Waals surface area (Å²) in [6.45, 7) is 6.39. The van der Waals surface area contributed by atoms with Gasteiger partial charge in [-0.2, -0.15) is 4.98 Å². The summed E-state index contributed by atoms with van der Waals surface area (Å²) < 4.78 is 10.8. The topological polar surface area (TPSA) is 82.3 Å². The van der Waals surface area contributed by atoms with Gasteiger partial charge in [0.05, 0.1) is 12.2 Å². The van der Waals surface area contributed by atoms with Gasteiger partial charge in [-0.05, 0) is 20.3 Å². The maximum Gasteiger partial charge on any atom is 0.222 e. The second kappa shape index (κ2) is 7.13. The number of nitrogens with one attached hydrogen (secondary N) is 1. The van der Waals surface area contributed by atoms with Crippen molar-refractivity contribution in [1.29, 1.82) is 0 Å². The fourth-order valence-corrected chi connectivity index (χ4v) is 1.59. The van der Waals surface area contributed by atoms with E-state index in [2.05, 4.69) is 22.3 Å². The van der Waals surface area contributed by atoms with Crippen molar-refractivity contribution in [3.05, 3.63) is 11.4 Å². The van der Waals surface area contributed by atoms with Crippen LogP contribution in [0.2, 0.25) is 0 Å². The Hall–Kier alpha value is -1.40. The second-order valence-electron chi connectivity index (χ2n) is 4.20. The molecule has 0 bridgehead atoms. The van der Waals surface area contributed by atoms with Gasteiger partial charge in [0.1, 0.15) is 17.7 Å². The number of aromatic nitrogens is 2. The molecule has 0 aliphatic carbocycles. The summed E-state index contributed by atoms with van der Waals surface area (Å²) in [5.41, 5.74) is 3.38. The van der Waals surface area contributed by atoms with Crippen LogP contribution in [-0.4, -0.2) is 29.8 Å². The summed E-state index contributed by atoms with van der Waals surface area (Å²) in [7, 11) is 1.64. The third-order valence-electron chi connectivity index (χ3n) is 2.47.